The van der Waals surface area contributed by atoms with Gasteiger partial charge in [0.2, 0.25) is 0 Å². The van der Waals surface area contributed by atoms with Gasteiger partial charge in [0.1, 0.15) is 5.82 Å². The summed E-state index contributed by atoms with van der Waals surface area (Å²) in [4.78, 5) is 16.5. The minimum absolute atomic E-state index is 0.256. The molecule has 1 atom stereocenters. The molecule has 1 fully saturated rings. The van der Waals surface area contributed by atoms with Crippen LogP contribution in [-0.4, -0.2) is 36.1 Å². The normalized spacial score (nSPS) is 16.9. The standard InChI is InChI=1S/C16H25N7O/c1-11(15-18-12(2)19-21-15)17-16(24)14-10-23(22-20-14)9-8-13-6-4-3-5-7-13/h10-11,13H,3-9H2,1-2H3,(H,17,24)(H,18,19,21). The number of nitrogens with one attached hydrogen (secondary N) is 2. The van der Waals surface area contributed by atoms with E-state index in [-0.39, 0.29) is 11.9 Å². The number of hydrogen-bond donors (Lipinski definition) is 2. The fourth-order valence-corrected chi connectivity index (χ4v) is 3.19. The third-order valence-electron chi connectivity index (χ3n) is 4.61. The van der Waals surface area contributed by atoms with E-state index in [1.165, 1.54) is 32.1 Å². The van der Waals surface area contributed by atoms with Crippen molar-refractivity contribution >= 4 is 5.91 Å². The number of H-pyrrole nitrogens is 1. The second-order valence-corrected chi connectivity index (χ2v) is 6.63. The van der Waals surface area contributed by atoms with E-state index in [0.717, 1.165) is 24.7 Å². The van der Waals surface area contributed by atoms with Gasteiger partial charge in [0.05, 0.1) is 12.2 Å². The number of carbonyl (C=O) groups excluding carboxylic acids is 1. The molecule has 2 aromatic heterocycles. The molecule has 2 heterocycles. The molecule has 1 saturated carbocycles. The van der Waals surface area contributed by atoms with Crippen molar-refractivity contribution in [1.82, 2.24) is 35.5 Å². The van der Waals surface area contributed by atoms with Gasteiger partial charge in [-0.2, -0.15) is 5.10 Å². The lowest BCUT2D eigenvalue weighted by molar-refractivity contribution is 0.0933. The van der Waals surface area contributed by atoms with Gasteiger partial charge in [-0.05, 0) is 26.2 Å². The van der Waals surface area contributed by atoms with Crippen LogP contribution in [0.5, 0.6) is 0 Å². The van der Waals surface area contributed by atoms with Crippen molar-refractivity contribution in [2.45, 2.75) is 65.0 Å². The van der Waals surface area contributed by atoms with Crippen LogP contribution in [0.3, 0.4) is 0 Å². The van der Waals surface area contributed by atoms with Gasteiger partial charge in [0.15, 0.2) is 11.5 Å². The molecule has 0 radical (unpaired) electrons. The van der Waals surface area contributed by atoms with Crippen LogP contribution in [0.4, 0.5) is 0 Å². The molecule has 8 heteroatoms. The van der Waals surface area contributed by atoms with Gasteiger partial charge in [0, 0.05) is 6.54 Å². The highest BCUT2D eigenvalue weighted by molar-refractivity contribution is 5.92. The van der Waals surface area contributed by atoms with Crippen molar-refractivity contribution in [2.75, 3.05) is 0 Å². The zero-order valence-corrected chi connectivity index (χ0v) is 14.3. The predicted molar refractivity (Wildman–Crippen MR) is 88.2 cm³/mol. The molecular weight excluding hydrogens is 306 g/mol. The largest absolute Gasteiger partial charge is 0.341 e. The van der Waals surface area contributed by atoms with E-state index in [0.29, 0.717) is 11.5 Å². The molecule has 130 valence electrons. The Kier molecular flexibility index (Phi) is 5.22. The van der Waals surface area contributed by atoms with Gasteiger partial charge in [-0.25, -0.2) is 4.98 Å². The van der Waals surface area contributed by atoms with Crippen molar-refractivity contribution in [3.05, 3.63) is 23.5 Å². The second kappa shape index (κ2) is 7.55. The highest BCUT2D eigenvalue weighted by Crippen LogP contribution is 2.26. The van der Waals surface area contributed by atoms with Crippen LogP contribution in [-0.2, 0) is 6.54 Å². The molecule has 0 aliphatic heterocycles. The minimum Gasteiger partial charge on any atom is -0.341 e. The van der Waals surface area contributed by atoms with Crippen LogP contribution in [0.15, 0.2) is 6.20 Å². The zero-order valence-electron chi connectivity index (χ0n) is 14.3. The summed E-state index contributed by atoms with van der Waals surface area (Å²) in [5, 5.41) is 17.7. The first kappa shape index (κ1) is 16.6. The average molecular weight is 331 g/mol. The van der Waals surface area contributed by atoms with Crippen LogP contribution >= 0.6 is 0 Å². The number of aromatic nitrogens is 6. The highest BCUT2D eigenvalue weighted by Gasteiger charge is 2.18. The van der Waals surface area contributed by atoms with E-state index in [2.05, 4.69) is 30.8 Å². The van der Waals surface area contributed by atoms with Gasteiger partial charge in [-0.1, -0.05) is 37.3 Å². The number of hydrogen-bond acceptors (Lipinski definition) is 5. The van der Waals surface area contributed by atoms with Crippen molar-refractivity contribution in [1.29, 1.82) is 0 Å². The van der Waals surface area contributed by atoms with E-state index in [4.69, 9.17) is 0 Å². The van der Waals surface area contributed by atoms with Gasteiger partial charge in [-0.15, -0.1) is 5.10 Å². The fourth-order valence-electron chi connectivity index (χ4n) is 3.19. The van der Waals surface area contributed by atoms with Crippen LogP contribution in [0.25, 0.3) is 0 Å². The number of aryl methyl sites for hydroxylation is 2. The van der Waals surface area contributed by atoms with Crippen LogP contribution in [0.2, 0.25) is 0 Å². The van der Waals surface area contributed by atoms with Gasteiger partial charge in [0.25, 0.3) is 5.91 Å². The van der Waals surface area contributed by atoms with Crippen LogP contribution in [0.1, 0.15) is 73.6 Å². The summed E-state index contributed by atoms with van der Waals surface area (Å²) in [7, 11) is 0. The Bertz CT molecular complexity index is 672. The summed E-state index contributed by atoms with van der Waals surface area (Å²) in [6.45, 7) is 4.48. The first-order valence-electron chi connectivity index (χ1n) is 8.71. The monoisotopic (exact) mass is 331 g/mol. The topological polar surface area (TPSA) is 101 Å². The number of amides is 1. The predicted octanol–water partition coefficient (Wildman–Crippen LogP) is 2.17. The third kappa shape index (κ3) is 4.18. The molecule has 0 saturated heterocycles. The molecule has 8 nitrogen and oxygen atoms in total. The first-order valence-corrected chi connectivity index (χ1v) is 8.71. The molecule has 2 N–H and O–H groups in total. The lowest BCUT2D eigenvalue weighted by atomic mass is 9.87. The summed E-state index contributed by atoms with van der Waals surface area (Å²) < 4.78 is 1.77. The van der Waals surface area contributed by atoms with E-state index >= 15 is 0 Å². The first-order chi connectivity index (χ1) is 11.6. The lowest BCUT2D eigenvalue weighted by Crippen LogP contribution is -2.27. The number of carbonyl (C=O) groups is 1. The van der Waals surface area contributed by atoms with E-state index < -0.39 is 0 Å². The SMILES string of the molecule is Cc1nc(C(C)NC(=O)c2cn(CCC3CCCCC3)nn2)n[nH]1. The average Bonchev–Trinajstić information content (AvgIpc) is 3.23. The fraction of sp³-hybridized carbons (Fsp3) is 0.688. The minimum atomic E-state index is -0.283. The Balaban J connectivity index is 1.51. The maximum absolute atomic E-state index is 12.3. The number of nitrogens with zero attached hydrogens (tertiary/aromatic N) is 5. The Hall–Kier alpha value is -2.25. The Morgan fingerprint density at radius 2 is 2.21 bits per heavy atom. The van der Waals surface area contributed by atoms with Gasteiger partial charge >= 0.3 is 0 Å². The quantitative estimate of drug-likeness (QED) is 0.844. The molecule has 0 spiro atoms. The molecule has 1 amide bonds. The summed E-state index contributed by atoms with van der Waals surface area (Å²) >= 11 is 0. The molecule has 2 aromatic rings. The van der Waals surface area contributed by atoms with Crippen molar-refractivity contribution in [3.8, 4) is 0 Å². The molecular formula is C16H25N7O. The summed E-state index contributed by atoms with van der Waals surface area (Å²) in [5.74, 6) is 1.81. The zero-order chi connectivity index (χ0) is 16.9. The van der Waals surface area contributed by atoms with Gasteiger partial charge < -0.3 is 5.32 Å². The van der Waals surface area contributed by atoms with Crippen LogP contribution in [0, 0.1) is 12.8 Å². The Morgan fingerprint density at radius 1 is 1.42 bits per heavy atom. The molecule has 1 aliphatic carbocycles. The van der Waals surface area contributed by atoms with Crippen molar-refractivity contribution in [3.63, 3.8) is 0 Å². The molecule has 0 bridgehead atoms. The molecule has 24 heavy (non-hydrogen) atoms. The maximum Gasteiger partial charge on any atom is 0.274 e. The number of aromatic amines is 1. The van der Waals surface area contributed by atoms with Crippen molar-refractivity contribution < 1.29 is 4.79 Å². The maximum atomic E-state index is 12.3. The van der Waals surface area contributed by atoms with E-state index in [9.17, 15) is 4.79 Å². The Morgan fingerprint density at radius 3 is 2.92 bits per heavy atom. The van der Waals surface area contributed by atoms with Crippen molar-refractivity contribution in [2.24, 2.45) is 5.92 Å². The van der Waals surface area contributed by atoms with E-state index in [1.807, 2.05) is 13.8 Å². The molecule has 0 aromatic carbocycles. The van der Waals surface area contributed by atoms with Crippen LogP contribution < -0.4 is 5.32 Å². The Labute approximate surface area is 141 Å². The highest BCUT2D eigenvalue weighted by atomic mass is 16.2. The molecule has 3 rings (SSSR count). The van der Waals surface area contributed by atoms with E-state index in [1.54, 1.807) is 10.9 Å². The van der Waals surface area contributed by atoms with Gasteiger partial charge in [-0.3, -0.25) is 14.6 Å². The second-order valence-electron chi connectivity index (χ2n) is 6.63. The number of rotatable bonds is 6. The third-order valence-corrected chi connectivity index (χ3v) is 4.61. The molecule has 1 unspecified atom stereocenters. The summed E-state index contributed by atoms with van der Waals surface area (Å²) in [6.07, 6.45) is 9.51. The summed E-state index contributed by atoms with van der Waals surface area (Å²) in [6, 6.07) is -0.283. The lowest BCUT2D eigenvalue weighted by Gasteiger charge is -2.20. The smallest absolute Gasteiger partial charge is 0.274 e. The molecule has 1 aliphatic rings. The summed E-state index contributed by atoms with van der Waals surface area (Å²) in [5.41, 5.74) is 0.331.